The van der Waals surface area contributed by atoms with Gasteiger partial charge in [-0.15, -0.1) is 0 Å². The van der Waals surface area contributed by atoms with E-state index < -0.39 is 10.0 Å². The van der Waals surface area contributed by atoms with E-state index in [1.807, 2.05) is 6.07 Å². The van der Waals surface area contributed by atoms with Crippen molar-refractivity contribution >= 4 is 10.0 Å². The Balaban J connectivity index is 3.63. The monoisotopic (exact) mass is 256 g/mol. The number of benzene rings is 1. The van der Waals surface area contributed by atoms with Crippen molar-refractivity contribution in [2.45, 2.75) is 11.3 Å². The molecule has 0 bridgehead atoms. The molecule has 2 N–H and O–H groups in total. The van der Waals surface area contributed by atoms with Crippen molar-refractivity contribution in [2.75, 3.05) is 14.2 Å². The highest BCUT2D eigenvalue weighted by molar-refractivity contribution is 7.89. The highest BCUT2D eigenvalue weighted by Gasteiger charge is 2.23. The second kappa shape index (κ2) is 5.03. The molecule has 0 unspecified atom stereocenters. The zero-order valence-corrected chi connectivity index (χ0v) is 10.2. The van der Waals surface area contributed by atoms with E-state index in [4.69, 9.17) is 19.9 Å². The lowest BCUT2D eigenvalue weighted by molar-refractivity contribution is 0.346. The third-order valence-electron chi connectivity index (χ3n) is 2.14. The maximum absolute atomic E-state index is 11.5. The van der Waals surface area contributed by atoms with E-state index in [-0.39, 0.29) is 28.4 Å². The maximum atomic E-state index is 11.5. The molecule has 0 radical (unpaired) electrons. The molecule has 0 spiro atoms. The highest BCUT2D eigenvalue weighted by Crippen LogP contribution is 2.36. The van der Waals surface area contributed by atoms with Gasteiger partial charge in [-0.3, -0.25) is 0 Å². The largest absolute Gasteiger partial charge is 0.493 e. The molecular formula is C10H12N2O4S. The summed E-state index contributed by atoms with van der Waals surface area (Å²) in [6.07, 6.45) is -0.0773. The van der Waals surface area contributed by atoms with Crippen LogP contribution in [0.1, 0.15) is 5.56 Å². The molecule has 0 amide bonds. The molecule has 0 saturated carbocycles. The van der Waals surface area contributed by atoms with Crippen LogP contribution < -0.4 is 14.6 Å². The quantitative estimate of drug-likeness (QED) is 0.840. The molecule has 0 aliphatic carbocycles. The lowest BCUT2D eigenvalue weighted by Gasteiger charge is -2.13. The number of nitrogens with two attached hydrogens (primary N) is 1. The van der Waals surface area contributed by atoms with Crippen LogP contribution in [-0.4, -0.2) is 22.6 Å². The first-order chi connectivity index (χ1) is 7.95. The lowest BCUT2D eigenvalue weighted by atomic mass is 10.1. The fourth-order valence-electron chi connectivity index (χ4n) is 1.48. The number of hydrogen-bond acceptors (Lipinski definition) is 5. The van der Waals surface area contributed by atoms with Crippen LogP contribution in [-0.2, 0) is 16.4 Å². The summed E-state index contributed by atoms with van der Waals surface area (Å²) in [5, 5.41) is 13.8. The van der Waals surface area contributed by atoms with Crippen molar-refractivity contribution in [3.05, 3.63) is 17.7 Å². The molecule has 0 aliphatic heterocycles. The minimum Gasteiger partial charge on any atom is -0.493 e. The normalized spacial score (nSPS) is 10.7. The Morgan fingerprint density at radius 3 is 2.41 bits per heavy atom. The van der Waals surface area contributed by atoms with Crippen LogP contribution in [0.5, 0.6) is 11.5 Å². The molecule has 0 atom stereocenters. The summed E-state index contributed by atoms with van der Waals surface area (Å²) in [4.78, 5) is -0.207. The van der Waals surface area contributed by atoms with E-state index >= 15 is 0 Å². The van der Waals surface area contributed by atoms with Crippen molar-refractivity contribution in [1.82, 2.24) is 0 Å². The third-order valence-corrected chi connectivity index (χ3v) is 3.15. The van der Waals surface area contributed by atoms with E-state index in [0.717, 1.165) is 0 Å². The first-order valence-electron chi connectivity index (χ1n) is 4.59. The fraction of sp³-hybridized carbons (Fsp3) is 0.300. The Hall–Kier alpha value is -1.78. The zero-order valence-electron chi connectivity index (χ0n) is 9.43. The second-order valence-electron chi connectivity index (χ2n) is 3.17. The Bertz CT molecular complexity index is 560. The van der Waals surface area contributed by atoms with Gasteiger partial charge in [0.15, 0.2) is 11.5 Å². The van der Waals surface area contributed by atoms with Crippen LogP contribution in [0.4, 0.5) is 0 Å². The molecule has 6 nitrogen and oxygen atoms in total. The predicted octanol–water partition coefficient (Wildman–Crippen LogP) is 0.417. The minimum absolute atomic E-state index is 0.0164. The Morgan fingerprint density at radius 1 is 1.35 bits per heavy atom. The Kier molecular flexibility index (Phi) is 3.93. The fourth-order valence-corrected chi connectivity index (χ4v) is 2.42. The Labute approximate surface area is 99.6 Å². The van der Waals surface area contributed by atoms with E-state index in [9.17, 15) is 8.42 Å². The number of methoxy groups -OCH3 is 2. The minimum atomic E-state index is -3.99. The maximum Gasteiger partial charge on any atom is 0.242 e. The molecule has 1 rings (SSSR count). The summed E-state index contributed by atoms with van der Waals surface area (Å²) < 4.78 is 33.0. The first-order valence-corrected chi connectivity index (χ1v) is 6.14. The van der Waals surface area contributed by atoms with Gasteiger partial charge in [0.05, 0.1) is 26.7 Å². The molecule has 0 aromatic heterocycles. The number of hydrogen-bond donors (Lipinski definition) is 1. The van der Waals surface area contributed by atoms with Crippen molar-refractivity contribution < 1.29 is 17.9 Å². The van der Waals surface area contributed by atoms with Crippen molar-refractivity contribution in [3.63, 3.8) is 0 Å². The number of sulfonamides is 1. The van der Waals surface area contributed by atoms with Gasteiger partial charge in [0.1, 0.15) is 4.90 Å². The van der Waals surface area contributed by atoms with Gasteiger partial charge < -0.3 is 9.47 Å². The highest BCUT2D eigenvalue weighted by atomic mass is 32.2. The average molecular weight is 256 g/mol. The summed E-state index contributed by atoms with van der Waals surface area (Å²) in [6, 6.07) is 4.87. The summed E-state index contributed by atoms with van der Waals surface area (Å²) >= 11 is 0. The van der Waals surface area contributed by atoms with Gasteiger partial charge in [-0.2, -0.15) is 5.26 Å². The topological polar surface area (TPSA) is 102 Å². The summed E-state index contributed by atoms with van der Waals surface area (Å²) in [7, 11) is -1.30. The molecule has 92 valence electrons. The van der Waals surface area contributed by atoms with Gasteiger partial charge in [-0.1, -0.05) is 6.07 Å². The molecule has 0 fully saturated rings. The van der Waals surface area contributed by atoms with E-state index in [1.165, 1.54) is 26.4 Å². The van der Waals surface area contributed by atoms with Gasteiger partial charge in [0.2, 0.25) is 10.0 Å². The van der Waals surface area contributed by atoms with Gasteiger partial charge in [-0.25, -0.2) is 13.6 Å². The van der Waals surface area contributed by atoms with Crippen molar-refractivity contribution in [2.24, 2.45) is 5.14 Å². The van der Waals surface area contributed by atoms with E-state index in [1.54, 1.807) is 0 Å². The van der Waals surface area contributed by atoms with Crippen LogP contribution in [0.2, 0.25) is 0 Å². The number of nitriles is 1. The van der Waals surface area contributed by atoms with Gasteiger partial charge in [-0.05, 0) is 11.6 Å². The predicted molar refractivity (Wildman–Crippen MR) is 60.2 cm³/mol. The smallest absolute Gasteiger partial charge is 0.242 e. The summed E-state index contributed by atoms with van der Waals surface area (Å²) in [5.74, 6) is 0.265. The molecule has 17 heavy (non-hydrogen) atoms. The number of primary sulfonamides is 1. The molecule has 0 heterocycles. The Morgan fingerprint density at radius 2 is 2.00 bits per heavy atom. The third kappa shape index (κ3) is 2.67. The summed E-state index contributed by atoms with van der Waals surface area (Å²) in [5.41, 5.74) is 0.285. The number of rotatable bonds is 4. The molecule has 0 aliphatic rings. The van der Waals surface area contributed by atoms with Crippen molar-refractivity contribution in [3.8, 4) is 17.6 Å². The average Bonchev–Trinajstić information content (AvgIpc) is 2.27. The molecular weight excluding hydrogens is 244 g/mol. The van der Waals surface area contributed by atoms with E-state index in [2.05, 4.69) is 0 Å². The molecule has 1 aromatic rings. The van der Waals surface area contributed by atoms with Gasteiger partial charge >= 0.3 is 0 Å². The van der Waals surface area contributed by atoms with Crippen LogP contribution in [0, 0.1) is 11.3 Å². The zero-order chi connectivity index (χ0) is 13.1. The van der Waals surface area contributed by atoms with Crippen molar-refractivity contribution in [1.29, 1.82) is 5.26 Å². The van der Waals surface area contributed by atoms with Crippen LogP contribution >= 0.6 is 0 Å². The van der Waals surface area contributed by atoms with Crippen LogP contribution in [0.3, 0.4) is 0 Å². The van der Waals surface area contributed by atoms with Crippen LogP contribution in [0.15, 0.2) is 17.0 Å². The summed E-state index contributed by atoms with van der Waals surface area (Å²) in [6.45, 7) is 0. The van der Waals surface area contributed by atoms with Crippen LogP contribution in [0.25, 0.3) is 0 Å². The van der Waals surface area contributed by atoms with Gasteiger partial charge in [0.25, 0.3) is 0 Å². The number of ether oxygens (including phenoxy) is 2. The lowest BCUT2D eigenvalue weighted by Crippen LogP contribution is -2.16. The molecule has 0 saturated heterocycles. The van der Waals surface area contributed by atoms with Gasteiger partial charge in [0, 0.05) is 0 Å². The second-order valence-corrected chi connectivity index (χ2v) is 4.67. The standard InChI is InChI=1S/C10H12N2O4S/c1-15-8-4-3-7(5-6-11)10(9(8)16-2)17(12,13)14/h3-4H,5H2,1-2H3,(H2,12,13,14). The SMILES string of the molecule is COc1ccc(CC#N)c(S(N)(=O)=O)c1OC. The first kappa shape index (κ1) is 13.3. The van der Waals surface area contributed by atoms with E-state index in [0.29, 0.717) is 0 Å². The molecule has 7 heteroatoms. The molecule has 1 aromatic carbocycles. The number of nitrogens with zero attached hydrogens (tertiary/aromatic N) is 1.